The number of nitrogens with zero attached hydrogens (tertiary/aromatic N) is 3. The van der Waals surface area contributed by atoms with Crippen molar-refractivity contribution in [3.05, 3.63) is 29.8 Å². The van der Waals surface area contributed by atoms with Gasteiger partial charge in [0.25, 0.3) is 0 Å². The molecule has 0 N–H and O–H groups in total. The van der Waals surface area contributed by atoms with Crippen LogP contribution in [0.4, 0.5) is 5.69 Å². The molecule has 1 fully saturated rings. The average Bonchev–Trinajstić information content (AvgIpc) is 2.39. The highest BCUT2D eigenvalue weighted by Crippen LogP contribution is 2.29. The standard InChI is InChI=1S/C16H23N3/c1-4-14-7-5-6-8-16(14)19-13(2)11-18(3)12-15(19)9-10-17/h5-8,13,15H,4,9,11-12H2,1-3H3. The van der Waals surface area contributed by atoms with Crippen LogP contribution in [-0.2, 0) is 6.42 Å². The van der Waals surface area contributed by atoms with Crippen LogP contribution in [0.2, 0.25) is 0 Å². The van der Waals surface area contributed by atoms with Gasteiger partial charge in [-0.1, -0.05) is 25.1 Å². The van der Waals surface area contributed by atoms with E-state index in [1.165, 1.54) is 11.3 Å². The first-order valence-corrected chi connectivity index (χ1v) is 7.09. The van der Waals surface area contributed by atoms with Crippen molar-refractivity contribution in [3.63, 3.8) is 0 Å². The molecule has 0 aromatic heterocycles. The number of benzene rings is 1. The third kappa shape index (κ3) is 2.90. The van der Waals surface area contributed by atoms with Crippen LogP contribution in [0.25, 0.3) is 0 Å². The maximum Gasteiger partial charge on any atom is 0.0643 e. The van der Waals surface area contributed by atoms with Crippen molar-refractivity contribution in [1.82, 2.24) is 4.90 Å². The van der Waals surface area contributed by atoms with Gasteiger partial charge in [0, 0.05) is 24.8 Å². The van der Waals surface area contributed by atoms with Crippen LogP contribution in [0.15, 0.2) is 24.3 Å². The number of hydrogen-bond acceptors (Lipinski definition) is 3. The average molecular weight is 257 g/mol. The molecule has 1 aromatic carbocycles. The van der Waals surface area contributed by atoms with Crippen LogP contribution in [0.1, 0.15) is 25.8 Å². The van der Waals surface area contributed by atoms with Crippen molar-refractivity contribution < 1.29 is 0 Å². The van der Waals surface area contributed by atoms with E-state index in [-0.39, 0.29) is 0 Å². The molecule has 0 radical (unpaired) electrons. The smallest absolute Gasteiger partial charge is 0.0643 e. The number of rotatable bonds is 3. The third-order valence-electron chi connectivity index (χ3n) is 3.94. The SMILES string of the molecule is CCc1ccccc1N1C(C)CN(C)CC1CC#N. The second kappa shape index (κ2) is 6.08. The Bertz CT molecular complexity index is 463. The van der Waals surface area contributed by atoms with Gasteiger partial charge in [-0.3, -0.25) is 0 Å². The Hall–Kier alpha value is -1.53. The van der Waals surface area contributed by atoms with E-state index >= 15 is 0 Å². The van der Waals surface area contributed by atoms with Crippen molar-refractivity contribution in [2.45, 2.75) is 38.8 Å². The van der Waals surface area contributed by atoms with Gasteiger partial charge in [0.05, 0.1) is 18.5 Å². The quantitative estimate of drug-likeness (QED) is 0.834. The summed E-state index contributed by atoms with van der Waals surface area (Å²) < 4.78 is 0. The molecule has 102 valence electrons. The fourth-order valence-corrected chi connectivity index (χ4v) is 3.19. The number of anilines is 1. The first-order chi connectivity index (χ1) is 9.17. The Labute approximate surface area is 116 Å². The summed E-state index contributed by atoms with van der Waals surface area (Å²) in [5.74, 6) is 0. The van der Waals surface area contributed by atoms with Gasteiger partial charge in [0.1, 0.15) is 0 Å². The summed E-state index contributed by atoms with van der Waals surface area (Å²) in [6.45, 7) is 6.47. The molecule has 19 heavy (non-hydrogen) atoms. The largest absolute Gasteiger partial charge is 0.362 e. The molecule has 1 saturated heterocycles. The number of hydrogen-bond donors (Lipinski definition) is 0. The number of likely N-dealkylation sites (N-methyl/N-ethyl adjacent to an activating group) is 1. The minimum atomic E-state index is 0.298. The predicted octanol–water partition coefficient (Wildman–Crippen LogP) is 2.67. The molecule has 1 aliphatic heterocycles. The van der Waals surface area contributed by atoms with Gasteiger partial charge in [-0.15, -0.1) is 0 Å². The van der Waals surface area contributed by atoms with Gasteiger partial charge < -0.3 is 9.80 Å². The van der Waals surface area contributed by atoms with Gasteiger partial charge in [0.15, 0.2) is 0 Å². The highest BCUT2D eigenvalue weighted by atomic mass is 15.3. The molecule has 1 aliphatic rings. The lowest BCUT2D eigenvalue weighted by Gasteiger charge is -2.46. The van der Waals surface area contributed by atoms with Crippen LogP contribution < -0.4 is 4.90 Å². The van der Waals surface area contributed by atoms with E-state index in [1.807, 2.05) is 0 Å². The number of nitriles is 1. The van der Waals surface area contributed by atoms with Crippen molar-refractivity contribution in [2.75, 3.05) is 25.0 Å². The molecule has 0 aliphatic carbocycles. The summed E-state index contributed by atoms with van der Waals surface area (Å²) in [6, 6.07) is 11.7. The summed E-state index contributed by atoms with van der Waals surface area (Å²) in [6.07, 6.45) is 1.63. The van der Waals surface area contributed by atoms with E-state index in [1.54, 1.807) is 0 Å². The molecule has 0 spiro atoms. The van der Waals surface area contributed by atoms with Crippen molar-refractivity contribution in [1.29, 1.82) is 5.26 Å². The second-order valence-corrected chi connectivity index (χ2v) is 5.48. The van der Waals surface area contributed by atoms with Gasteiger partial charge in [-0.2, -0.15) is 5.26 Å². The molecule has 0 bridgehead atoms. The molecule has 3 heteroatoms. The molecule has 3 nitrogen and oxygen atoms in total. The molecular formula is C16H23N3. The molecule has 2 rings (SSSR count). The highest BCUT2D eigenvalue weighted by Gasteiger charge is 2.31. The molecule has 1 aromatic rings. The molecule has 0 saturated carbocycles. The Balaban J connectivity index is 2.35. The van der Waals surface area contributed by atoms with Crippen molar-refractivity contribution in [3.8, 4) is 6.07 Å². The molecule has 1 heterocycles. The molecule has 2 atom stereocenters. The fraction of sp³-hybridized carbons (Fsp3) is 0.562. The van der Waals surface area contributed by atoms with Crippen LogP contribution in [0.5, 0.6) is 0 Å². The van der Waals surface area contributed by atoms with E-state index in [4.69, 9.17) is 5.26 Å². The maximum atomic E-state index is 9.09. The summed E-state index contributed by atoms with van der Waals surface area (Å²) in [4.78, 5) is 4.79. The fourth-order valence-electron chi connectivity index (χ4n) is 3.19. The Morgan fingerprint density at radius 2 is 2.05 bits per heavy atom. The van der Waals surface area contributed by atoms with E-state index in [0.29, 0.717) is 18.5 Å². The highest BCUT2D eigenvalue weighted by molar-refractivity contribution is 5.56. The normalized spacial score (nSPS) is 24.2. The summed E-state index contributed by atoms with van der Waals surface area (Å²) in [7, 11) is 2.14. The lowest BCUT2D eigenvalue weighted by atomic mass is 10.0. The van der Waals surface area contributed by atoms with Crippen LogP contribution in [-0.4, -0.2) is 37.1 Å². The van der Waals surface area contributed by atoms with Gasteiger partial charge in [-0.05, 0) is 32.0 Å². The van der Waals surface area contributed by atoms with Crippen LogP contribution >= 0.6 is 0 Å². The number of piperazine rings is 1. The zero-order chi connectivity index (χ0) is 13.8. The van der Waals surface area contributed by atoms with Gasteiger partial charge in [0.2, 0.25) is 0 Å². The van der Waals surface area contributed by atoms with Crippen molar-refractivity contribution >= 4 is 5.69 Å². The van der Waals surface area contributed by atoms with E-state index < -0.39 is 0 Å². The Morgan fingerprint density at radius 3 is 2.74 bits per heavy atom. The zero-order valence-electron chi connectivity index (χ0n) is 12.1. The lowest BCUT2D eigenvalue weighted by Crippen LogP contribution is -2.57. The van der Waals surface area contributed by atoms with Crippen LogP contribution in [0.3, 0.4) is 0 Å². The van der Waals surface area contributed by atoms with E-state index in [2.05, 4.69) is 61.0 Å². The second-order valence-electron chi connectivity index (χ2n) is 5.48. The summed E-state index contributed by atoms with van der Waals surface area (Å²) in [5, 5.41) is 9.09. The predicted molar refractivity (Wildman–Crippen MR) is 79.3 cm³/mol. The summed E-state index contributed by atoms with van der Waals surface area (Å²) >= 11 is 0. The van der Waals surface area contributed by atoms with Crippen LogP contribution in [0, 0.1) is 11.3 Å². The number of para-hydroxylation sites is 1. The Kier molecular flexibility index (Phi) is 4.44. The molecule has 2 unspecified atom stereocenters. The number of aryl methyl sites for hydroxylation is 1. The maximum absolute atomic E-state index is 9.09. The monoisotopic (exact) mass is 257 g/mol. The molecule has 0 amide bonds. The van der Waals surface area contributed by atoms with E-state index in [0.717, 1.165) is 19.5 Å². The lowest BCUT2D eigenvalue weighted by molar-refractivity contribution is 0.233. The van der Waals surface area contributed by atoms with Crippen molar-refractivity contribution in [2.24, 2.45) is 0 Å². The first-order valence-electron chi connectivity index (χ1n) is 7.09. The minimum Gasteiger partial charge on any atom is -0.362 e. The zero-order valence-corrected chi connectivity index (χ0v) is 12.1. The summed E-state index contributed by atoms with van der Waals surface area (Å²) in [5.41, 5.74) is 2.69. The minimum absolute atomic E-state index is 0.298. The topological polar surface area (TPSA) is 30.3 Å². The third-order valence-corrected chi connectivity index (χ3v) is 3.94. The van der Waals surface area contributed by atoms with E-state index in [9.17, 15) is 0 Å². The van der Waals surface area contributed by atoms with Gasteiger partial charge in [-0.25, -0.2) is 0 Å². The van der Waals surface area contributed by atoms with Gasteiger partial charge >= 0.3 is 0 Å². The molecular weight excluding hydrogens is 234 g/mol. The Morgan fingerprint density at radius 1 is 1.32 bits per heavy atom. The first kappa shape index (κ1) is 13.9.